The molecule has 0 atom stereocenters. The van der Waals surface area contributed by atoms with E-state index < -0.39 is 17.1 Å². The van der Waals surface area contributed by atoms with Crippen LogP contribution in [0, 0.1) is 0 Å². The minimum absolute atomic E-state index is 0.224. The number of methoxy groups -OCH3 is 1. The van der Waals surface area contributed by atoms with E-state index in [2.05, 4.69) is 11.9 Å². The summed E-state index contributed by atoms with van der Waals surface area (Å²) in [5.41, 5.74) is 3.12. The Morgan fingerprint density at radius 2 is 1.90 bits per heavy atom. The van der Waals surface area contributed by atoms with Crippen LogP contribution >= 0.6 is 23.5 Å². The van der Waals surface area contributed by atoms with Gasteiger partial charge in [-0.1, -0.05) is 42.5 Å². The second kappa shape index (κ2) is 13.2. The number of imide groups is 1. The molecule has 1 N–H and O–H groups in total. The third-order valence-electron chi connectivity index (χ3n) is 5.79. The lowest BCUT2D eigenvalue weighted by atomic mass is 10.0. The fourth-order valence-electron chi connectivity index (χ4n) is 3.95. The van der Waals surface area contributed by atoms with Crippen LogP contribution in [0.1, 0.15) is 16.7 Å². The monoisotopic (exact) mass is 560 g/mol. The lowest BCUT2D eigenvalue weighted by Gasteiger charge is -2.16. The molecule has 0 aliphatic carbocycles. The van der Waals surface area contributed by atoms with Crippen LogP contribution < -0.4 is 14.8 Å². The second-order valence-electron chi connectivity index (χ2n) is 8.53. The molecular weight excluding hydrogens is 532 g/mol. The standard InChI is InChI=1S/C30H28N2O5S2/c1-4-9-22-14-21(15-25(36-2)28(22)37-19-20-10-6-5-7-11-20)16-26-29(34)32(30(35)39-26)18-27(33)31-23-12-8-13-24(17-23)38-3/h4-8,10-17H,1,9,18-19H2,2-3H3,(H,31,33)/b26-16-. The van der Waals surface area contributed by atoms with E-state index in [1.54, 1.807) is 43.2 Å². The number of benzene rings is 3. The molecule has 3 aromatic carbocycles. The first-order valence-corrected chi connectivity index (χ1v) is 14.1. The number of carbonyl (C=O) groups is 3. The fraction of sp³-hybridized carbons (Fsp3) is 0.167. The molecule has 0 bridgehead atoms. The molecule has 39 heavy (non-hydrogen) atoms. The Morgan fingerprint density at radius 3 is 2.62 bits per heavy atom. The molecule has 3 amide bonds. The average Bonchev–Trinajstić information content (AvgIpc) is 3.20. The third-order valence-corrected chi connectivity index (χ3v) is 7.42. The molecule has 3 aromatic rings. The highest BCUT2D eigenvalue weighted by atomic mass is 32.2. The zero-order valence-electron chi connectivity index (χ0n) is 21.6. The van der Waals surface area contributed by atoms with E-state index in [1.807, 2.05) is 60.9 Å². The molecule has 1 fully saturated rings. The van der Waals surface area contributed by atoms with Crippen molar-refractivity contribution in [2.75, 3.05) is 25.2 Å². The van der Waals surface area contributed by atoms with Crippen molar-refractivity contribution in [2.45, 2.75) is 17.9 Å². The molecule has 0 unspecified atom stereocenters. The molecule has 1 saturated heterocycles. The molecule has 1 aliphatic rings. The summed E-state index contributed by atoms with van der Waals surface area (Å²) in [4.78, 5) is 40.4. The van der Waals surface area contributed by atoms with Crippen LogP contribution in [0.4, 0.5) is 10.5 Å². The summed E-state index contributed by atoms with van der Waals surface area (Å²) in [6.07, 6.45) is 5.84. The highest BCUT2D eigenvalue weighted by molar-refractivity contribution is 8.18. The second-order valence-corrected chi connectivity index (χ2v) is 10.4. The molecule has 4 rings (SSSR count). The number of hydrogen-bond acceptors (Lipinski definition) is 7. The summed E-state index contributed by atoms with van der Waals surface area (Å²) in [6.45, 7) is 3.83. The van der Waals surface area contributed by atoms with Gasteiger partial charge >= 0.3 is 0 Å². The molecule has 7 nitrogen and oxygen atoms in total. The highest BCUT2D eigenvalue weighted by Crippen LogP contribution is 2.37. The van der Waals surface area contributed by atoms with Gasteiger partial charge in [-0.05, 0) is 72.0 Å². The van der Waals surface area contributed by atoms with Crippen molar-refractivity contribution in [2.24, 2.45) is 0 Å². The molecule has 0 radical (unpaired) electrons. The molecule has 1 aliphatic heterocycles. The topological polar surface area (TPSA) is 84.9 Å². The Kier molecular flexibility index (Phi) is 9.51. The highest BCUT2D eigenvalue weighted by Gasteiger charge is 2.36. The minimum Gasteiger partial charge on any atom is -0.493 e. The predicted octanol–water partition coefficient (Wildman–Crippen LogP) is 6.40. The number of thioether (sulfide) groups is 2. The molecule has 1 heterocycles. The Bertz CT molecular complexity index is 1420. The molecular formula is C30H28N2O5S2. The molecule has 0 saturated carbocycles. The van der Waals surface area contributed by atoms with Crippen molar-refractivity contribution in [3.63, 3.8) is 0 Å². The van der Waals surface area contributed by atoms with Crippen molar-refractivity contribution in [3.05, 3.63) is 101 Å². The lowest BCUT2D eigenvalue weighted by Crippen LogP contribution is -2.36. The van der Waals surface area contributed by atoms with Gasteiger partial charge in [0.05, 0.1) is 12.0 Å². The smallest absolute Gasteiger partial charge is 0.294 e. The van der Waals surface area contributed by atoms with Crippen molar-refractivity contribution in [1.29, 1.82) is 0 Å². The van der Waals surface area contributed by atoms with Crippen LogP contribution in [0.2, 0.25) is 0 Å². The van der Waals surface area contributed by atoms with Crippen LogP contribution in [-0.4, -0.2) is 41.9 Å². The van der Waals surface area contributed by atoms with Crippen molar-refractivity contribution < 1.29 is 23.9 Å². The van der Waals surface area contributed by atoms with E-state index in [0.717, 1.165) is 32.7 Å². The van der Waals surface area contributed by atoms with Crippen LogP contribution in [0.15, 0.2) is 89.2 Å². The van der Waals surface area contributed by atoms with Crippen LogP contribution in [0.5, 0.6) is 11.5 Å². The largest absolute Gasteiger partial charge is 0.493 e. The predicted molar refractivity (Wildman–Crippen MR) is 157 cm³/mol. The van der Waals surface area contributed by atoms with Crippen LogP contribution in [-0.2, 0) is 22.6 Å². The summed E-state index contributed by atoms with van der Waals surface area (Å²) < 4.78 is 11.7. The number of allylic oxidation sites excluding steroid dienone is 1. The van der Waals surface area contributed by atoms with Crippen molar-refractivity contribution in [3.8, 4) is 11.5 Å². The van der Waals surface area contributed by atoms with Gasteiger partial charge in [0.25, 0.3) is 11.1 Å². The number of anilines is 1. The van der Waals surface area contributed by atoms with E-state index in [9.17, 15) is 14.4 Å². The molecule has 200 valence electrons. The van der Waals surface area contributed by atoms with Gasteiger partial charge in [0, 0.05) is 16.1 Å². The van der Waals surface area contributed by atoms with Gasteiger partial charge in [0.15, 0.2) is 11.5 Å². The molecule has 0 aromatic heterocycles. The maximum atomic E-state index is 13.1. The van der Waals surface area contributed by atoms with Gasteiger partial charge in [-0.3, -0.25) is 19.3 Å². The third kappa shape index (κ3) is 7.13. The Balaban J connectivity index is 1.51. The first-order valence-electron chi connectivity index (χ1n) is 12.1. The number of rotatable bonds is 11. The number of ether oxygens (including phenoxy) is 2. The zero-order valence-corrected chi connectivity index (χ0v) is 23.3. The van der Waals surface area contributed by atoms with Gasteiger partial charge < -0.3 is 14.8 Å². The Labute approximate surface area is 236 Å². The zero-order chi connectivity index (χ0) is 27.8. The number of carbonyl (C=O) groups excluding carboxylic acids is 3. The van der Waals surface area contributed by atoms with Gasteiger partial charge in [-0.2, -0.15) is 0 Å². The molecule has 9 heteroatoms. The number of nitrogens with one attached hydrogen (secondary N) is 1. The summed E-state index contributed by atoms with van der Waals surface area (Å²) in [5, 5.41) is 2.25. The number of amides is 3. The van der Waals surface area contributed by atoms with E-state index >= 15 is 0 Å². The maximum Gasteiger partial charge on any atom is 0.294 e. The SMILES string of the molecule is C=CCc1cc(/C=C2\SC(=O)N(CC(=O)Nc3cccc(SC)c3)C2=O)cc(OC)c1OCc1ccccc1. The van der Waals surface area contributed by atoms with Crippen LogP contribution in [0.3, 0.4) is 0 Å². The quantitative estimate of drug-likeness (QED) is 0.165. The Morgan fingerprint density at radius 1 is 1.10 bits per heavy atom. The first-order chi connectivity index (χ1) is 18.9. The summed E-state index contributed by atoms with van der Waals surface area (Å²) in [5.74, 6) is 0.120. The van der Waals surface area contributed by atoms with Gasteiger partial charge in [0.2, 0.25) is 5.91 Å². The first kappa shape index (κ1) is 28.1. The summed E-state index contributed by atoms with van der Waals surface area (Å²) in [6, 6.07) is 20.8. The van der Waals surface area contributed by atoms with Gasteiger partial charge in [-0.25, -0.2) is 0 Å². The van der Waals surface area contributed by atoms with E-state index in [1.165, 1.54) is 0 Å². The van der Waals surface area contributed by atoms with Gasteiger partial charge in [0.1, 0.15) is 13.2 Å². The number of nitrogens with zero attached hydrogens (tertiary/aromatic N) is 1. The van der Waals surface area contributed by atoms with Gasteiger partial charge in [-0.15, -0.1) is 18.3 Å². The fourth-order valence-corrected chi connectivity index (χ4v) is 5.25. The normalized spacial score (nSPS) is 14.0. The minimum atomic E-state index is -0.522. The summed E-state index contributed by atoms with van der Waals surface area (Å²) >= 11 is 2.35. The number of hydrogen-bond donors (Lipinski definition) is 1. The average molecular weight is 561 g/mol. The lowest BCUT2D eigenvalue weighted by molar-refractivity contribution is -0.127. The van der Waals surface area contributed by atoms with E-state index in [-0.39, 0.29) is 11.4 Å². The van der Waals surface area contributed by atoms with E-state index in [4.69, 9.17) is 9.47 Å². The van der Waals surface area contributed by atoms with Crippen molar-refractivity contribution in [1.82, 2.24) is 4.90 Å². The van der Waals surface area contributed by atoms with Crippen molar-refractivity contribution >= 4 is 52.3 Å². The van der Waals surface area contributed by atoms with Crippen LogP contribution in [0.25, 0.3) is 6.08 Å². The molecule has 0 spiro atoms. The Hall–Kier alpha value is -3.95. The maximum absolute atomic E-state index is 13.1. The van der Waals surface area contributed by atoms with E-state index in [0.29, 0.717) is 35.8 Å². The summed E-state index contributed by atoms with van der Waals surface area (Å²) in [7, 11) is 1.55.